The number of alkyl halides is 1. The molecule has 106 valence electrons. The smallest absolute Gasteiger partial charge is 0.207 e. The van der Waals surface area contributed by atoms with Crippen LogP contribution in [0.5, 0.6) is 0 Å². The summed E-state index contributed by atoms with van der Waals surface area (Å²) in [7, 11) is -3.35. The standard InChI is InChI=1S/C14H20ClNO2S/c1-11-3-4-14(12(2)9-11)19(17,18)16-7-5-13(10-15)6-8-16/h3-4,9,13H,5-8,10H2,1-2H3. The average molecular weight is 302 g/mol. The average Bonchev–Trinajstić information content (AvgIpc) is 2.38. The zero-order valence-corrected chi connectivity index (χ0v) is 13.0. The zero-order valence-electron chi connectivity index (χ0n) is 11.4. The molecule has 2 rings (SSSR count). The molecular weight excluding hydrogens is 282 g/mol. The number of aryl methyl sites for hydroxylation is 2. The van der Waals surface area contributed by atoms with E-state index in [1.165, 1.54) is 0 Å². The van der Waals surface area contributed by atoms with Gasteiger partial charge >= 0.3 is 0 Å². The number of halogens is 1. The van der Waals surface area contributed by atoms with Gasteiger partial charge in [0.1, 0.15) is 0 Å². The van der Waals surface area contributed by atoms with Crippen molar-refractivity contribution in [3.8, 4) is 0 Å². The molecule has 0 unspecified atom stereocenters. The Morgan fingerprint density at radius 3 is 2.42 bits per heavy atom. The summed E-state index contributed by atoms with van der Waals surface area (Å²) in [4.78, 5) is 0.433. The van der Waals surface area contributed by atoms with Gasteiger partial charge in [-0.25, -0.2) is 8.42 Å². The summed E-state index contributed by atoms with van der Waals surface area (Å²) in [5.41, 5.74) is 1.90. The van der Waals surface area contributed by atoms with Gasteiger partial charge in [0.15, 0.2) is 0 Å². The summed E-state index contributed by atoms with van der Waals surface area (Å²) in [5, 5.41) is 0. The molecule has 3 nitrogen and oxygen atoms in total. The number of piperidine rings is 1. The largest absolute Gasteiger partial charge is 0.243 e. The first-order valence-corrected chi connectivity index (χ1v) is 8.56. The van der Waals surface area contributed by atoms with Crippen molar-refractivity contribution >= 4 is 21.6 Å². The molecule has 1 aliphatic heterocycles. The van der Waals surface area contributed by atoms with Crippen molar-refractivity contribution < 1.29 is 8.42 Å². The van der Waals surface area contributed by atoms with Crippen LogP contribution in [-0.2, 0) is 10.0 Å². The maximum Gasteiger partial charge on any atom is 0.243 e. The highest BCUT2D eigenvalue weighted by atomic mass is 35.5. The lowest BCUT2D eigenvalue weighted by Gasteiger charge is -2.30. The van der Waals surface area contributed by atoms with Gasteiger partial charge in [-0.15, -0.1) is 11.6 Å². The molecule has 0 radical (unpaired) electrons. The van der Waals surface area contributed by atoms with E-state index in [1.807, 2.05) is 26.0 Å². The van der Waals surface area contributed by atoms with Gasteiger partial charge in [-0.05, 0) is 44.2 Å². The highest BCUT2D eigenvalue weighted by molar-refractivity contribution is 7.89. The van der Waals surface area contributed by atoms with Crippen LogP contribution in [-0.4, -0.2) is 31.7 Å². The first-order valence-electron chi connectivity index (χ1n) is 6.58. The predicted octanol–water partition coefficient (Wildman–Crippen LogP) is 2.94. The van der Waals surface area contributed by atoms with Crippen LogP contribution in [0.2, 0.25) is 0 Å². The van der Waals surface area contributed by atoms with Crippen LogP contribution in [0.4, 0.5) is 0 Å². The van der Waals surface area contributed by atoms with Crippen molar-refractivity contribution in [3.63, 3.8) is 0 Å². The molecule has 0 aromatic heterocycles. The third kappa shape index (κ3) is 3.12. The van der Waals surface area contributed by atoms with E-state index >= 15 is 0 Å². The van der Waals surface area contributed by atoms with E-state index in [9.17, 15) is 8.42 Å². The number of nitrogens with zero attached hydrogens (tertiary/aromatic N) is 1. The van der Waals surface area contributed by atoms with Gasteiger partial charge in [-0.1, -0.05) is 17.7 Å². The normalized spacial score (nSPS) is 18.7. The number of hydrogen-bond donors (Lipinski definition) is 0. The topological polar surface area (TPSA) is 37.4 Å². The lowest BCUT2D eigenvalue weighted by Crippen LogP contribution is -2.39. The molecule has 1 fully saturated rings. The molecule has 1 heterocycles. The number of benzene rings is 1. The summed E-state index contributed by atoms with van der Waals surface area (Å²) in [6.07, 6.45) is 1.71. The molecule has 0 bridgehead atoms. The molecule has 1 saturated heterocycles. The molecule has 19 heavy (non-hydrogen) atoms. The summed E-state index contributed by atoms with van der Waals surface area (Å²) >= 11 is 5.83. The van der Waals surface area contributed by atoms with Crippen molar-refractivity contribution in [3.05, 3.63) is 29.3 Å². The maximum absolute atomic E-state index is 12.6. The third-order valence-corrected chi connectivity index (χ3v) is 6.24. The molecule has 0 atom stereocenters. The van der Waals surface area contributed by atoms with Crippen molar-refractivity contribution in [2.45, 2.75) is 31.6 Å². The molecule has 0 amide bonds. The van der Waals surface area contributed by atoms with Crippen LogP contribution in [0, 0.1) is 19.8 Å². The minimum Gasteiger partial charge on any atom is -0.207 e. The van der Waals surface area contributed by atoms with Crippen molar-refractivity contribution in [2.75, 3.05) is 19.0 Å². The van der Waals surface area contributed by atoms with Gasteiger partial charge in [0, 0.05) is 19.0 Å². The fourth-order valence-electron chi connectivity index (χ4n) is 2.53. The van der Waals surface area contributed by atoms with Crippen molar-refractivity contribution in [1.82, 2.24) is 4.31 Å². The number of rotatable bonds is 3. The van der Waals surface area contributed by atoms with Crippen LogP contribution < -0.4 is 0 Å². The van der Waals surface area contributed by atoms with E-state index in [2.05, 4.69) is 0 Å². The Kier molecular flexibility index (Phi) is 4.54. The Morgan fingerprint density at radius 2 is 1.89 bits per heavy atom. The van der Waals surface area contributed by atoms with Crippen molar-refractivity contribution in [2.24, 2.45) is 5.92 Å². The first kappa shape index (κ1) is 14.8. The van der Waals surface area contributed by atoms with Gasteiger partial charge in [-0.2, -0.15) is 4.31 Å². The molecule has 1 aromatic rings. The van der Waals surface area contributed by atoms with E-state index in [0.717, 1.165) is 24.0 Å². The van der Waals surface area contributed by atoms with Crippen LogP contribution in [0.15, 0.2) is 23.1 Å². The van der Waals surface area contributed by atoms with Gasteiger partial charge < -0.3 is 0 Å². The first-order chi connectivity index (χ1) is 8.95. The van der Waals surface area contributed by atoms with Crippen molar-refractivity contribution in [1.29, 1.82) is 0 Å². The zero-order chi connectivity index (χ0) is 14.0. The molecule has 0 spiro atoms. The van der Waals surface area contributed by atoms with E-state index < -0.39 is 10.0 Å². The summed E-state index contributed by atoms with van der Waals surface area (Å²) in [6, 6.07) is 5.48. The second-order valence-corrected chi connectivity index (χ2v) is 7.49. The molecule has 0 N–H and O–H groups in total. The van der Waals surface area contributed by atoms with Crippen LogP contribution in [0.1, 0.15) is 24.0 Å². The van der Waals surface area contributed by atoms with E-state index in [1.54, 1.807) is 10.4 Å². The van der Waals surface area contributed by atoms with Gasteiger partial charge in [0.05, 0.1) is 4.90 Å². The molecule has 1 aliphatic rings. The number of sulfonamides is 1. The Hall–Kier alpha value is -0.580. The fourth-order valence-corrected chi connectivity index (χ4v) is 4.52. The predicted molar refractivity (Wildman–Crippen MR) is 78.1 cm³/mol. The Labute approximate surface area is 120 Å². The number of hydrogen-bond acceptors (Lipinski definition) is 2. The Balaban J connectivity index is 2.23. The second kappa shape index (κ2) is 5.81. The van der Waals surface area contributed by atoms with Gasteiger partial charge in [0.2, 0.25) is 10.0 Å². The Morgan fingerprint density at radius 1 is 1.26 bits per heavy atom. The maximum atomic E-state index is 12.6. The van der Waals surface area contributed by atoms with Crippen LogP contribution >= 0.6 is 11.6 Å². The minimum absolute atomic E-state index is 0.433. The van der Waals surface area contributed by atoms with Gasteiger partial charge in [0.25, 0.3) is 0 Å². The van der Waals surface area contributed by atoms with E-state index in [-0.39, 0.29) is 0 Å². The van der Waals surface area contributed by atoms with E-state index in [0.29, 0.717) is 29.8 Å². The second-order valence-electron chi connectivity index (χ2n) is 5.27. The quantitative estimate of drug-likeness (QED) is 0.805. The fraction of sp³-hybridized carbons (Fsp3) is 0.571. The van der Waals surface area contributed by atoms with E-state index in [4.69, 9.17) is 11.6 Å². The molecule has 0 aliphatic carbocycles. The summed E-state index contributed by atoms with van der Waals surface area (Å²) < 4.78 is 26.8. The monoisotopic (exact) mass is 301 g/mol. The summed E-state index contributed by atoms with van der Waals surface area (Å²) in [6.45, 7) is 4.97. The van der Waals surface area contributed by atoms with Crippen LogP contribution in [0.25, 0.3) is 0 Å². The SMILES string of the molecule is Cc1ccc(S(=O)(=O)N2CCC(CCl)CC2)c(C)c1. The Bertz CT molecular complexity index is 549. The van der Waals surface area contributed by atoms with Crippen LogP contribution in [0.3, 0.4) is 0 Å². The third-order valence-electron chi connectivity index (χ3n) is 3.74. The summed E-state index contributed by atoms with van der Waals surface area (Å²) in [5.74, 6) is 1.07. The lowest BCUT2D eigenvalue weighted by atomic mass is 10.0. The minimum atomic E-state index is -3.35. The highest BCUT2D eigenvalue weighted by Gasteiger charge is 2.29. The highest BCUT2D eigenvalue weighted by Crippen LogP contribution is 2.26. The molecule has 1 aromatic carbocycles. The lowest BCUT2D eigenvalue weighted by molar-refractivity contribution is 0.290. The molecule has 5 heteroatoms. The molecular formula is C14H20ClNO2S. The van der Waals surface area contributed by atoms with Gasteiger partial charge in [-0.3, -0.25) is 0 Å². The molecule has 0 saturated carbocycles.